The fraction of sp³-hybridized carbons (Fsp3) is 0.333. The predicted molar refractivity (Wildman–Crippen MR) is 133 cm³/mol. The van der Waals surface area contributed by atoms with E-state index < -0.39 is 6.04 Å². The Morgan fingerprint density at radius 2 is 2.03 bits per heavy atom. The fourth-order valence-electron chi connectivity index (χ4n) is 4.11. The topological polar surface area (TPSA) is 93.9 Å². The molecule has 1 fully saturated rings. The van der Waals surface area contributed by atoms with Crippen LogP contribution in [0.3, 0.4) is 0 Å². The Morgan fingerprint density at radius 3 is 2.76 bits per heavy atom. The summed E-state index contributed by atoms with van der Waals surface area (Å²) in [7, 11) is 1.63. The van der Waals surface area contributed by atoms with Gasteiger partial charge in [-0.1, -0.05) is 6.07 Å². The number of carbonyl (C=O) groups excluding carboxylic acids is 1. The van der Waals surface area contributed by atoms with Crippen LogP contribution in [0.2, 0.25) is 0 Å². The monoisotopic (exact) mass is 524 g/mol. The maximum Gasteiger partial charge on any atom is 0.245 e. The molecule has 1 amide bonds. The zero-order valence-corrected chi connectivity index (χ0v) is 20.7. The van der Waals surface area contributed by atoms with Gasteiger partial charge in [-0.2, -0.15) is 4.52 Å². The van der Waals surface area contributed by atoms with Crippen LogP contribution in [-0.4, -0.2) is 69.3 Å². The lowest BCUT2D eigenvalue weighted by molar-refractivity contribution is -0.139. The number of hydrogen-bond acceptors (Lipinski definition) is 7. The number of hydrogen-bond donors (Lipinski definition) is 1. The Bertz CT molecular complexity index is 1360. The standard InChI is InChI=1S/C24H25BrN6O3/c1-14-13-34-12-11-30(14)23(32)15(2)26-24-27-20-18(5-4-6-19(20)25)22-28-21(29-31(22)24)16-7-9-17(33-3)10-8-16/h4-10,14-15H,11-13H2,1-3H3,(H,26,27)/t14-,15-/m1/s1. The van der Waals surface area contributed by atoms with E-state index >= 15 is 0 Å². The van der Waals surface area contributed by atoms with Gasteiger partial charge in [-0.15, -0.1) is 5.10 Å². The van der Waals surface area contributed by atoms with Crippen molar-refractivity contribution in [2.75, 3.05) is 32.2 Å². The first-order chi connectivity index (χ1) is 16.5. The van der Waals surface area contributed by atoms with E-state index in [-0.39, 0.29) is 11.9 Å². The van der Waals surface area contributed by atoms with Gasteiger partial charge >= 0.3 is 0 Å². The molecule has 5 rings (SSSR count). The quantitative estimate of drug-likeness (QED) is 0.424. The summed E-state index contributed by atoms with van der Waals surface area (Å²) in [4.78, 5) is 24.7. The molecule has 1 saturated heterocycles. The molecule has 4 aromatic rings. The molecule has 2 aromatic heterocycles. The van der Waals surface area contributed by atoms with Gasteiger partial charge in [0, 0.05) is 22.0 Å². The third-order valence-electron chi connectivity index (χ3n) is 5.97. The number of rotatable bonds is 5. The van der Waals surface area contributed by atoms with Gasteiger partial charge in [0.05, 0.1) is 31.9 Å². The molecule has 0 spiro atoms. The normalized spacial score (nSPS) is 17.2. The van der Waals surface area contributed by atoms with Crippen molar-refractivity contribution in [3.8, 4) is 17.1 Å². The summed E-state index contributed by atoms with van der Waals surface area (Å²) < 4.78 is 13.2. The number of nitrogens with one attached hydrogen (secondary N) is 1. The molecule has 3 heterocycles. The van der Waals surface area contributed by atoms with E-state index in [0.29, 0.717) is 37.2 Å². The maximum atomic E-state index is 13.2. The van der Waals surface area contributed by atoms with E-state index in [9.17, 15) is 4.79 Å². The number of para-hydroxylation sites is 1. The van der Waals surface area contributed by atoms with Crippen molar-refractivity contribution < 1.29 is 14.3 Å². The average Bonchev–Trinajstić information content (AvgIpc) is 3.31. The molecule has 0 aliphatic carbocycles. The van der Waals surface area contributed by atoms with Crippen molar-refractivity contribution >= 4 is 44.3 Å². The van der Waals surface area contributed by atoms with Crippen LogP contribution in [0, 0.1) is 0 Å². The zero-order valence-electron chi connectivity index (χ0n) is 19.2. The van der Waals surface area contributed by atoms with Gasteiger partial charge in [-0.05, 0) is 66.2 Å². The van der Waals surface area contributed by atoms with Crippen LogP contribution in [0.1, 0.15) is 13.8 Å². The fourth-order valence-corrected chi connectivity index (χ4v) is 4.57. The molecule has 1 aliphatic heterocycles. The van der Waals surface area contributed by atoms with Crippen LogP contribution in [0.15, 0.2) is 46.9 Å². The summed E-state index contributed by atoms with van der Waals surface area (Å²) in [5.41, 5.74) is 2.24. The number of nitrogens with zero attached hydrogens (tertiary/aromatic N) is 5. The SMILES string of the molecule is COc1ccc(-c2nc3c4cccc(Br)c4nc(N[C@H](C)C(=O)N4CCOC[C@H]4C)n3n2)cc1. The Kier molecular flexibility index (Phi) is 6.09. The molecule has 0 bridgehead atoms. The lowest BCUT2D eigenvalue weighted by Crippen LogP contribution is -2.51. The van der Waals surface area contributed by atoms with Crippen molar-refractivity contribution in [3.63, 3.8) is 0 Å². The first kappa shape index (κ1) is 22.5. The smallest absolute Gasteiger partial charge is 0.245 e. The molecule has 0 unspecified atom stereocenters. The number of halogens is 1. The average molecular weight is 525 g/mol. The zero-order chi connectivity index (χ0) is 23.8. The van der Waals surface area contributed by atoms with Gasteiger partial charge < -0.3 is 19.7 Å². The first-order valence-electron chi connectivity index (χ1n) is 11.1. The Balaban J connectivity index is 1.57. The van der Waals surface area contributed by atoms with Crippen LogP contribution in [0.25, 0.3) is 27.9 Å². The van der Waals surface area contributed by atoms with E-state index in [1.165, 1.54) is 0 Å². The second-order valence-corrected chi connectivity index (χ2v) is 9.15. The molecule has 0 radical (unpaired) electrons. The summed E-state index contributed by atoms with van der Waals surface area (Å²) in [6.07, 6.45) is 0. The third kappa shape index (κ3) is 4.07. The summed E-state index contributed by atoms with van der Waals surface area (Å²) in [5, 5.41) is 8.87. The highest BCUT2D eigenvalue weighted by molar-refractivity contribution is 9.10. The van der Waals surface area contributed by atoms with Gasteiger partial charge in [0.25, 0.3) is 0 Å². The molecule has 1 N–H and O–H groups in total. The highest BCUT2D eigenvalue weighted by atomic mass is 79.9. The van der Waals surface area contributed by atoms with E-state index in [1.807, 2.05) is 61.2 Å². The Morgan fingerprint density at radius 1 is 1.24 bits per heavy atom. The minimum Gasteiger partial charge on any atom is -0.497 e. The van der Waals surface area contributed by atoms with Gasteiger partial charge in [-0.3, -0.25) is 4.79 Å². The summed E-state index contributed by atoms with van der Waals surface area (Å²) in [6.45, 7) is 5.49. The van der Waals surface area contributed by atoms with E-state index in [2.05, 4.69) is 21.2 Å². The van der Waals surface area contributed by atoms with Crippen LogP contribution in [0.4, 0.5) is 5.95 Å². The highest BCUT2D eigenvalue weighted by Gasteiger charge is 2.28. The van der Waals surface area contributed by atoms with Crippen molar-refractivity contribution in [1.29, 1.82) is 0 Å². The van der Waals surface area contributed by atoms with Crippen molar-refractivity contribution in [2.24, 2.45) is 0 Å². The number of carbonyl (C=O) groups is 1. The molecule has 2 aromatic carbocycles. The largest absolute Gasteiger partial charge is 0.497 e. The number of ether oxygens (including phenoxy) is 2. The lowest BCUT2D eigenvalue weighted by Gasteiger charge is -2.35. The minimum absolute atomic E-state index is 0.00605. The van der Waals surface area contributed by atoms with Gasteiger partial charge in [-0.25, -0.2) is 9.97 Å². The Hall–Kier alpha value is -3.24. The maximum absolute atomic E-state index is 13.2. The third-order valence-corrected chi connectivity index (χ3v) is 6.61. The molecule has 10 heteroatoms. The van der Waals surface area contributed by atoms with Crippen LogP contribution in [0.5, 0.6) is 5.75 Å². The van der Waals surface area contributed by atoms with Crippen molar-refractivity contribution in [2.45, 2.75) is 25.9 Å². The van der Waals surface area contributed by atoms with Gasteiger partial charge in [0.2, 0.25) is 11.9 Å². The Labute approximate surface area is 205 Å². The highest BCUT2D eigenvalue weighted by Crippen LogP contribution is 2.29. The van der Waals surface area contributed by atoms with Crippen LogP contribution >= 0.6 is 15.9 Å². The second kappa shape index (κ2) is 9.19. The number of aromatic nitrogens is 4. The van der Waals surface area contributed by atoms with Crippen molar-refractivity contribution in [1.82, 2.24) is 24.5 Å². The molecule has 34 heavy (non-hydrogen) atoms. The molecule has 2 atom stereocenters. The number of anilines is 1. The van der Waals surface area contributed by atoms with E-state index in [1.54, 1.807) is 11.6 Å². The predicted octanol–water partition coefficient (Wildman–Crippen LogP) is 3.76. The minimum atomic E-state index is -0.509. The molecule has 9 nitrogen and oxygen atoms in total. The molecular formula is C24H25BrN6O3. The van der Waals surface area contributed by atoms with E-state index in [4.69, 9.17) is 24.5 Å². The molecule has 0 saturated carbocycles. The van der Waals surface area contributed by atoms with E-state index in [0.717, 1.165) is 26.7 Å². The number of fused-ring (bicyclic) bond motifs is 3. The number of amides is 1. The summed E-state index contributed by atoms with van der Waals surface area (Å²) >= 11 is 3.60. The van der Waals surface area contributed by atoms with Gasteiger partial charge in [0.1, 0.15) is 11.8 Å². The molecular weight excluding hydrogens is 500 g/mol. The lowest BCUT2D eigenvalue weighted by atomic mass is 10.2. The summed E-state index contributed by atoms with van der Waals surface area (Å²) in [6, 6.07) is 12.9. The second-order valence-electron chi connectivity index (χ2n) is 8.29. The number of methoxy groups -OCH3 is 1. The molecule has 1 aliphatic rings. The van der Waals surface area contributed by atoms with Gasteiger partial charge in [0.15, 0.2) is 11.5 Å². The summed E-state index contributed by atoms with van der Waals surface area (Å²) in [5.74, 6) is 1.76. The number of morpholine rings is 1. The van der Waals surface area contributed by atoms with Crippen LogP contribution in [-0.2, 0) is 9.53 Å². The number of benzene rings is 2. The first-order valence-corrected chi connectivity index (χ1v) is 11.9. The molecule has 176 valence electrons. The van der Waals surface area contributed by atoms with Crippen molar-refractivity contribution in [3.05, 3.63) is 46.9 Å². The van der Waals surface area contributed by atoms with Crippen LogP contribution < -0.4 is 10.1 Å².